The van der Waals surface area contributed by atoms with Crippen LogP contribution in [0.25, 0.3) is 0 Å². The zero-order valence-electron chi connectivity index (χ0n) is 12.5. The molecular formula is C14H27N5. The Bertz CT molecular complexity index is 378. The Labute approximate surface area is 116 Å². The Hall–Kier alpha value is -1.36. The maximum atomic E-state index is 5.55. The molecule has 0 saturated heterocycles. The third kappa shape index (κ3) is 6.38. The molecule has 1 heterocycles. The fourth-order valence-electron chi connectivity index (χ4n) is 1.80. The van der Waals surface area contributed by atoms with Gasteiger partial charge in [-0.15, -0.1) is 0 Å². The summed E-state index contributed by atoms with van der Waals surface area (Å²) in [7, 11) is 0. The first-order valence-electron chi connectivity index (χ1n) is 7.07. The van der Waals surface area contributed by atoms with Crippen molar-refractivity contribution in [3.63, 3.8) is 0 Å². The number of anilines is 2. The molecule has 4 N–H and O–H groups in total. The van der Waals surface area contributed by atoms with E-state index in [4.69, 9.17) is 5.73 Å². The number of nitrogens with one attached hydrogen (secondary N) is 2. The second-order valence-electron chi connectivity index (χ2n) is 5.42. The lowest BCUT2D eigenvalue weighted by molar-refractivity contribution is 0.606. The average Bonchev–Trinajstić information content (AvgIpc) is 2.27. The summed E-state index contributed by atoms with van der Waals surface area (Å²) in [4.78, 5) is 8.79. The Morgan fingerprint density at radius 1 is 1.16 bits per heavy atom. The normalized spacial score (nSPS) is 12.5. The van der Waals surface area contributed by atoms with Gasteiger partial charge in [0.25, 0.3) is 0 Å². The van der Waals surface area contributed by atoms with Crippen LogP contribution >= 0.6 is 0 Å². The van der Waals surface area contributed by atoms with Gasteiger partial charge in [0.2, 0.25) is 0 Å². The van der Waals surface area contributed by atoms with Crippen molar-refractivity contribution in [1.82, 2.24) is 9.97 Å². The van der Waals surface area contributed by atoms with Crippen molar-refractivity contribution >= 4 is 11.6 Å². The van der Waals surface area contributed by atoms with Crippen molar-refractivity contribution in [2.75, 3.05) is 23.7 Å². The molecule has 0 aromatic carbocycles. The van der Waals surface area contributed by atoms with Crippen molar-refractivity contribution in [3.05, 3.63) is 11.9 Å². The van der Waals surface area contributed by atoms with Crippen LogP contribution in [-0.4, -0.2) is 29.1 Å². The monoisotopic (exact) mass is 265 g/mol. The Kier molecular flexibility index (Phi) is 6.56. The van der Waals surface area contributed by atoms with E-state index in [9.17, 15) is 0 Å². The smallest absolute Gasteiger partial charge is 0.132 e. The fraction of sp³-hybridized carbons (Fsp3) is 0.714. The van der Waals surface area contributed by atoms with Crippen molar-refractivity contribution in [2.24, 2.45) is 11.7 Å². The largest absolute Gasteiger partial charge is 0.370 e. The van der Waals surface area contributed by atoms with E-state index in [1.807, 2.05) is 13.0 Å². The summed E-state index contributed by atoms with van der Waals surface area (Å²) in [6.07, 6.45) is 2.06. The molecule has 5 heteroatoms. The molecule has 0 spiro atoms. The molecule has 19 heavy (non-hydrogen) atoms. The van der Waals surface area contributed by atoms with Gasteiger partial charge in [-0.05, 0) is 39.2 Å². The molecule has 108 valence electrons. The van der Waals surface area contributed by atoms with Gasteiger partial charge in [0, 0.05) is 18.7 Å². The van der Waals surface area contributed by atoms with Crippen molar-refractivity contribution in [1.29, 1.82) is 0 Å². The van der Waals surface area contributed by atoms with Crippen LogP contribution in [0.4, 0.5) is 11.6 Å². The highest BCUT2D eigenvalue weighted by atomic mass is 15.1. The molecule has 0 bridgehead atoms. The molecule has 0 saturated carbocycles. The summed E-state index contributed by atoms with van der Waals surface area (Å²) in [6.45, 7) is 10.1. The lowest BCUT2D eigenvalue weighted by atomic mass is 10.1. The van der Waals surface area contributed by atoms with Gasteiger partial charge < -0.3 is 16.4 Å². The third-order valence-electron chi connectivity index (χ3n) is 2.86. The molecule has 0 aliphatic rings. The summed E-state index contributed by atoms with van der Waals surface area (Å²) in [5.74, 6) is 3.21. The maximum absolute atomic E-state index is 5.55. The lowest BCUT2D eigenvalue weighted by Crippen LogP contribution is -2.20. The number of aromatic nitrogens is 2. The Morgan fingerprint density at radius 3 is 2.47 bits per heavy atom. The van der Waals surface area contributed by atoms with Crippen LogP contribution in [0.3, 0.4) is 0 Å². The molecule has 0 radical (unpaired) electrons. The molecule has 1 aromatic heterocycles. The van der Waals surface area contributed by atoms with Crippen molar-refractivity contribution < 1.29 is 0 Å². The molecule has 5 nitrogen and oxygen atoms in total. The van der Waals surface area contributed by atoms with Crippen LogP contribution in [0.5, 0.6) is 0 Å². The predicted molar refractivity (Wildman–Crippen MR) is 81.5 cm³/mol. The second kappa shape index (κ2) is 7.94. The summed E-state index contributed by atoms with van der Waals surface area (Å²) in [5.41, 5.74) is 5.55. The lowest BCUT2D eigenvalue weighted by Gasteiger charge is -2.15. The first-order chi connectivity index (χ1) is 9.01. The topological polar surface area (TPSA) is 75.9 Å². The van der Waals surface area contributed by atoms with E-state index in [-0.39, 0.29) is 0 Å². The Balaban J connectivity index is 2.60. The summed E-state index contributed by atoms with van der Waals surface area (Å²) < 4.78 is 0. The second-order valence-corrected chi connectivity index (χ2v) is 5.42. The number of hydrogen-bond acceptors (Lipinski definition) is 5. The molecule has 0 aliphatic heterocycles. The highest BCUT2D eigenvalue weighted by Crippen LogP contribution is 2.13. The SMILES string of the molecule is Cc1nc(NCCC(C)C)cc(NC(C)CCN)n1. The van der Waals surface area contributed by atoms with E-state index in [0.717, 1.165) is 36.8 Å². The summed E-state index contributed by atoms with van der Waals surface area (Å²) >= 11 is 0. The molecule has 0 fully saturated rings. The quantitative estimate of drug-likeness (QED) is 0.673. The molecular weight excluding hydrogens is 238 g/mol. The zero-order chi connectivity index (χ0) is 14.3. The van der Waals surface area contributed by atoms with Crippen molar-refractivity contribution in [3.8, 4) is 0 Å². The molecule has 1 rings (SSSR count). The summed E-state index contributed by atoms with van der Waals surface area (Å²) in [6, 6.07) is 2.28. The highest BCUT2D eigenvalue weighted by molar-refractivity contribution is 5.47. The minimum atomic E-state index is 0.322. The molecule has 0 aliphatic carbocycles. The summed E-state index contributed by atoms with van der Waals surface area (Å²) in [5, 5.41) is 6.70. The van der Waals surface area contributed by atoms with E-state index >= 15 is 0 Å². The van der Waals surface area contributed by atoms with Gasteiger partial charge in [-0.3, -0.25) is 0 Å². The van der Waals surface area contributed by atoms with Crippen LogP contribution in [0.1, 0.15) is 39.4 Å². The van der Waals surface area contributed by atoms with Gasteiger partial charge >= 0.3 is 0 Å². The van der Waals surface area contributed by atoms with Gasteiger partial charge in [0.15, 0.2) is 0 Å². The van der Waals surface area contributed by atoms with Crippen LogP contribution < -0.4 is 16.4 Å². The van der Waals surface area contributed by atoms with E-state index in [2.05, 4.69) is 41.4 Å². The number of nitrogens with zero attached hydrogens (tertiary/aromatic N) is 2. The molecule has 0 amide bonds. The molecule has 1 unspecified atom stereocenters. The van der Waals surface area contributed by atoms with E-state index < -0.39 is 0 Å². The average molecular weight is 265 g/mol. The minimum absolute atomic E-state index is 0.322. The van der Waals surface area contributed by atoms with E-state index in [0.29, 0.717) is 18.5 Å². The standard InChI is InChI=1S/C14H27N5/c1-10(2)6-8-16-13-9-14(19-12(4)18-13)17-11(3)5-7-15/h9-11H,5-8,15H2,1-4H3,(H2,16,17,18,19). The van der Waals surface area contributed by atoms with Crippen LogP contribution in [-0.2, 0) is 0 Å². The first-order valence-corrected chi connectivity index (χ1v) is 7.07. The van der Waals surface area contributed by atoms with Gasteiger partial charge in [0.1, 0.15) is 17.5 Å². The van der Waals surface area contributed by atoms with Gasteiger partial charge in [-0.2, -0.15) is 0 Å². The fourth-order valence-corrected chi connectivity index (χ4v) is 1.80. The van der Waals surface area contributed by atoms with E-state index in [1.165, 1.54) is 0 Å². The molecule has 1 aromatic rings. The number of nitrogens with two attached hydrogens (primary N) is 1. The van der Waals surface area contributed by atoms with Gasteiger partial charge in [0.05, 0.1) is 0 Å². The van der Waals surface area contributed by atoms with Gasteiger partial charge in [-0.1, -0.05) is 13.8 Å². The first kappa shape index (κ1) is 15.7. The molecule has 1 atom stereocenters. The number of rotatable bonds is 8. The zero-order valence-corrected chi connectivity index (χ0v) is 12.5. The van der Waals surface area contributed by atoms with Crippen LogP contribution in [0.2, 0.25) is 0 Å². The van der Waals surface area contributed by atoms with E-state index in [1.54, 1.807) is 0 Å². The van der Waals surface area contributed by atoms with Crippen LogP contribution in [0, 0.1) is 12.8 Å². The van der Waals surface area contributed by atoms with Gasteiger partial charge in [-0.25, -0.2) is 9.97 Å². The van der Waals surface area contributed by atoms with Crippen molar-refractivity contribution in [2.45, 2.75) is 46.6 Å². The minimum Gasteiger partial charge on any atom is -0.370 e. The highest BCUT2D eigenvalue weighted by Gasteiger charge is 2.05. The van der Waals surface area contributed by atoms with Crippen LogP contribution in [0.15, 0.2) is 6.07 Å². The number of aryl methyl sites for hydroxylation is 1. The maximum Gasteiger partial charge on any atom is 0.132 e. The number of hydrogen-bond donors (Lipinski definition) is 3. The predicted octanol–water partition coefficient (Wildman–Crippen LogP) is 2.39. The Morgan fingerprint density at radius 2 is 1.84 bits per heavy atom. The third-order valence-corrected chi connectivity index (χ3v) is 2.86.